The second kappa shape index (κ2) is 7.03. The van der Waals surface area contributed by atoms with Crippen molar-refractivity contribution >= 4 is 17.7 Å². The molecule has 0 saturated carbocycles. The number of rotatable bonds is 3. The molecule has 4 heterocycles. The van der Waals surface area contributed by atoms with E-state index in [1.54, 1.807) is 10.8 Å². The number of aromatic nitrogens is 2. The van der Waals surface area contributed by atoms with E-state index in [0.717, 1.165) is 5.82 Å². The number of aromatic carboxylic acids is 1. The van der Waals surface area contributed by atoms with E-state index in [9.17, 15) is 14.7 Å². The minimum absolute atomic E-state index is 0.00692. The quantitative estimate of drug-likeness (QED) is 0.880. The molecule has 8 nitrogen and oxygen atoms in total. The maximum Gasteiger partial charge on any atom is 0.337 e. The van der Waals surface area contributed by atoms with Crippen LogP contribution in [0.15, 0.2) is 30.5 Å². The van der Waals surface area contributed by atoms with Crippen LogP contribution in [0.25, 0.3) is 0 Å². The highest BCUT2D eigenvalue weighted by Gasteiger charge is 2.33. The topological polar surface area (TPSA) is 87.9 Å². The van der Waals surface area contributed by atoms with Crippen LogP contribution >= 0.6 is 0 Å². The number of carboxylic acid groups (broad SMARTS) is 1. The smallest absolute Gasteiger partial charge is 0.337 e. The molecule has 0 spiro atoms. The Hall–Kier alpha value is -2.87. The number of piperazine rings is 1. The molecular formula is C19H22N4O4. The lowest BCUT2D eigenvalue weighted by molar-refractivity contribution is 0.0611. The maximum atomic E-state index is 13.2. The second-order valence-corrected chi connectivity index (χ2v) is 6.88. The summed E-state index contributed by atoms with van der Waals surface area (Å²) in [5.74, 6) is -0.253. The minimum Gasteiger partial charge on any atom is -0.478 e. The normalized spacial score (nSPS) is 19.7. The molecule has 0 aliphatic carbocycles. The molecule has 2 aliphatic heterocycles. The SMILES string of the molecule is CC1CN(c2ccccn2)CCN1C(=O)c1cc(C(=O)O)c2n1CCOC2. The van der Waals surface area contributed by atoms with Crippen molar-refractivity contribution in [2.24, 2.45) is 0 Å². The van der Waals surface area contributed by atoms with Gasteiger partial charge < -0.3 is 24.2 Å². The van der Waals surface area contributed by atoms with E-state index < -0.39 is 5.97 Å². The highest BCUT2D eigenvalue weighted by atomic mass is 16.5. The summed E-state index contributed by atoms with van der Waals surface area (Å²) in [6.07, 6.45) is 1.76. The standard InChI is InChI=1S/C19H22N4O4/c1-13-11-21(17-4-2-3-5-20-17)6-7-22(13)18(24)15-10-14(19(25)26)16-12-27-9-8-23(15)16/h2-5,10,13H,6-9,11-12H2,1H3,(H,25,26). The molecule has 1 amide bonds. The third kappa shape index (κ3) is 3.16. The predicted octanol–water partition coefficient (Wildman–Crippen LogP) is 1.46. The van der Waals surface area contributed by atoms with Gasteiger partial charge in [0.05, 0.1) is 24.5 Å². The van der Waals surface area contributed by atoms with E-state index >= 15 is 0 Å². The Morgan fingerprint density at radius 2 is 2.11 bits per heavy atom. The van der Waals surface area contributed by atoms with Gasteiger partial charge in [0, 0.05) is 38.4 Å². The monoisotopic (exact) mass is 370 g/mol. The molecule has 0 aromatic carbocycles. The first-order chi connectivity index (χ1) is 13.1. The number of fused-ring (bicyclic) bond motifs is 1. The van der Waals surface area contributed by atoms with Crippen molar-refractivity contribution in [2.75, 3.05) is 31.1 Å². The molecule has 4 rings (SSSR count). The molecule has 0 radical (unpaired) electrons. The Morgan fingerprint density at radius 3 is 2.81 bits per heavy atom. The minimum atomic E-state index is -1.03. The fourth-order valence-electron chi connectivity index (χ4n) is 3.84. The number of amides is 1. The van der Waals surface area contributed by atoms with Gasteiger partial charge in [0.1, 0.15) is 11.5 Å². The van der Waals surface area contributed by atoms with Crippen LogP contribution in [0.1, 0.15) is 33.5 Å². The molecule has 1 fully saturated rings. The van der Waals surface area contributed by atoms with Gasteiger partial charge in [-0.1, -0.05) is 6.07 Å². The van der Waals surface area contributed by atoms with Crippen LogP contribution in [-0.2, 0) is 17.9 Å². The van der Waals surface area contributed by atoms with Crippen LogP contribution in [0.3, 0.4) is 0 Å². The van der Waals surface area contributed by atoms with Crippen LogP contribution in [0.5, 0.6) is 0 Å². The van der Waals surface area contributed by atoms with Crippen LogP contribution in [-0.4, -0.2) is 63.7 Å². The predicted molar refractivity (Wildman–Crippen MR) is 98.0 cm³/mol. The van der Waals surface area contributed by atoms with E-state index in [-0.39, 0.29) is 24.1 Å². The zero-order valence-corrected chi connectivity index (χ0v) is 15.2. The van der Waals surface area contributed by atoms with Crippen LogP contribution in [0.4, 0.5) is 5.82 Å². The summed E-state index contributed by atoms with van der Waals surface area (Å²) in [6, 6.07) is 7.28. The molecule has 1 N–H and O–H groups in total. The lowest BCUT2D eigenvalue weighted by atomic mass is 10.1. The average molecular weight is 370 g/mol. The van der Waals surface area contributed by atoms with Gasteiger partial charge in [-0.3, -0.25) is 4.79 Å². The molecule has 142 valence electrons. The Kier molecular flexibility index (Phi) is 4.57. The summed E-state index contributed by atoms with van der Waals surface area (Å²) in [5, 5.41) is 9.45. The first-order valence-corrected chi connectivity index (χ1v) is 9.06. The third-order valence-electron chi connectivity index (χ3n) is 5.22. The molecular weight excluding hydrogens is 348 g/mol. The number of nitrogens with zero attached hydrogens (tertiary/aromatic N) is 4. The zero-order valence-electron chi connectivity index (χ0n) is 15.2. The largest absolute Gasteiger partial charge is 0.478 e. The van der Waals surface area contributed by atoms with Gasteiger partial charge in [0.2, 0.25) is 0 Å². The number of carbonyl (C=O) groups is 2. The summed E-state index contributed by atoms with van der Waals surface area (Å²) in [4.78, 5) is 33.1. The first-order valence-electron chi connectivity index (χ1n) is 9.06. The second-order valence-electron chi connectivity index (χ2n) is 6.88. The van der Waals surface area contributed by atoms with Gasteiger partial charge >= 0.3 is 5.97 Å². The molecule has 8 heteroatoms. The van der Waals surface area contributed by atoms with Gasteiger partial charge in [-0.2, -0.15) is 0 Å². The molecule has 2 aliphatic rings. The van der Waals surface area contributed by atoms with Gasteiger partial charge in [0.25, 0.3) is 5.91 Å². The lowest BCUT2D eigenvalue weighted by Gasteiger charge is -2.40. The van der Waals surface area contributed by atoms with Gasteiger partial charge in [-0.15, -0.1) is 0 Å². The Morgan fingerprint density at radius 1 is 1.26 bits per heavy atom. The molecule has 1 unspecified atom stereocenters. The fraction of sp³-hybridized carbons (Fsp3) is 0.421. The summed E-state index contributed by atoms with van der Waals surface area (Å²) in [6.45, 7) is 5.14. The molecule has 0 bridgehead atoms. The Balaban J connectivity index is 1.56. The zero-order chi connectivity index (χ0) is 19.0. The van der Waals surface area contributed by atoms with Crippen LogP contribution in [0.2, 0.25) is 0 Å². The number of carbonyl (C=O) groups excluding carboxylic acids is 1. The number of carboxylic acids is 1. The van der Waals surface area contributed by atoms with Crippen molar-refractivity contribution in [1.29, 1.82) is 0 Å². The van der Waals surface area contributed by atoms with E-state index in [1.807, 2.05) is 30.0 Å². The van der Waals surface area contributed by atoms with E-state index in [2.05, 4.69) is 9.88 Å². The molecule has 1 atom stereocenters. The van der Waals surface area contributed by atoms with Gasteiger partial charge in [-0.25, -0.2) is 9.78 Å². The summed E-state index contributed by atoms with van der Waals surface area (Å²) in [5.41, 5.74) is 1.15. The van der Waals surface area contributed by atoms with Gasteiger partial charge in [-0.05, 0) is 25.1 Å². The lowest BCUT2D eigenvalue weighted by Crippen LogP contribution is -2.54. The summed E-state index contributed by atoms with van der Waals surface area (Å²) in [7, 11) is 0. The Labute approximate surface area is 157 Å². The highest BCUT2D eigenvalue weighted by Crippen LogP contribution is 2.24. The Bertz CT molecular complexity index is 864. The molecule has 1 saturated heterocycles. The number of ether oxygens (including phenoxy) is 1. The first kappa shape index (κ1) is 17.5. The molecule has 2 aromatic heterocycles. The van der Waals surface area contributed by atoms with Crippen molar-refractivity contribution in [3.63, 3.8) is 0 Å². The fourth-order valence-corrected chi connectivity index (χ4v) is 3.84. The van der Waals surface area contributed by atoms with Crippen LogP contribution < -0.4 is 4.90 Å². The molecule has 27 heavy (non-hydrogen) atoms. The van der Waals surface area contributed by atoms with Crippen molar-refractivity contribution in [2.45, 2.75) is 26.1 Å². The number of hydrogen-bond donors (Lipinski definition) is 1. The van der Waals surface area contributed by atoms with Crippen molar-refractivity contribution in [1.82, 2.24) is 14.5 Å². The average Bonchev–Trinajstić information content (AvgIpc) is 3.08. The van der Waals surface area contributed by atoms with E-state index in [4.69, 9.17) is 4.74 Å². The van der Waals surface area contributed by atoms with Crippen molar-refractivity contribution < 1.29 is 19.4 Å². The maximum absolute atomic E-state index is 13.2. The summed E-state index contributed by atoms with van der Waals surface area (Å²) < 4.78 is 7.19. The number of anilines is 1. The number of pyridine rings is 1. The highest BCUT2D eigenvalue weighted by molar-refractivity contribution is 5.98. The third-order valence-corrected chi connectivity index (χ3v) is 5.22. The van der Waals surface area contributed by atoms with E-state index in [0.29, 0.717) is 44.2 Å². The van der Waals surface area contributed by atoms with Gasteiger partial charge in [0.15, 0.2) is 0 Å². The molecule has 2 aromatic rings. The van der Waals surface area contributed by atoms with E-state index in [1.165, 1.54) is 6.07 Å². The number of hydrogen-bond acceptors (Lipinski definition) is 5. The summed E-state index contributed by atoms with van der Waals surface area (Å²) >= 11 is 0. The van der Waals surface area contributed by atoms with Crippen LogP contribution in [0, 0.1) is 0 Å². The van der Waals surface area contributed by atoms with Crippen molar-refractivity contribution in [3.8, 4) is 0 Å². The van der Waals surface area contributed by atoms with Crippen molar-refractivity contribution in [3.05, 3.63) is 47.4 Å².